The highest BCUT2D eigenvalue weighted by Gasteiger charge is 2.37. The monoisotopic (exact) mass is 562 g/mol. The Balaban J connectivity index is 1.68. The van der Waals surface area contributed by atoms with Gasteiger partial charge in [0.2, 0.25) is 0 Å². The predicted octanol–water partition coefficient (Wildman–Crippen LogP) is 5.93. The third-order valence-electron chi connectivity index (χ3n) is 6.47. The molecule has 1 aromatic carbocycles. The summed E-state index contributed by atoms with van der Waals surface area (Å²) >= 11 is 7.87. The Morgan fingerprint density at radius 1 is 1.21 bits per heavy atom. The van der Waals surface area contributed by atoms with Gasteiger partial charge in [0.1, 0.15) is 17.5 Å². The summed E-state index contributed by atoms with van der Waals surface area (Å²) in [5, 5.41) is 9.05. The largest absolute Gasteiger partial charge is 0.466 e. The number of benzene rings is 1. The number of halogens is 2. The number of nitrogens with zero attached hydrogens (tertiary/aromatic N) is 2. The molecule has 1 aliphatic heterocycles. The number of hydrogen-bond donors (Lipinski definition) is 2. The molecular weight excluding hydrogens is 531 g/mol. The Kier molecular flexibility index (Phi) is 8.72. The van der Waals surface area contributed by atoms with Gasteiger partial charge in [0, 0.05) is 33.9 Å². The first-order valence-electron chi connectivity index (χ1n) is 12.6. The van der Waals surface area contributed by atoms with Crippen molar-refractivity contribution in [2.75, 3.05) is 7.11 Å². The standard InChI is InChI=1S/C27H32ClFN4O4S/c1-27(2,3)37-26(35)31-17-7-5-6-15(8-10-17)21-20(25(34)36-4)22(18-11-9-16(29)14-19(18)28)33-23(32-21)24-30-12-13-38-24/h9,11-15,17,22H,5-8,10H2,1-4H3,(H,31,35)(H,32,33). The van der Waals surface area contributed by atoms with E-state index in [1.807, 2.05) is 26.2 Å². The third-order valence-corrected chi connectivity index (χ3v) is 7.58. The van der Waals surface area contributed by atoms with Crippen molar-refractivity contribution >= 4 is 40.8 Å². The maximum absolute atomic E-state index is 13.9. The predicted molar refractivity (Wildman–Crippen MR) is 145 cm³/mol. The van der Waals surface area contributed by atoms with Crippen LogP contribution in [0.15, 0.2) is 46.0 Å². The van der Waals surface area contributed by atoms with Gasteiger partial charge in [-0.3, -0.25) is 4.99 Å². The summed E-state index contributed by atoms with van der Waals surface area (Å²) in [6, 6.07) is 3.21. The Hall–Kier alpha value is -2.98. The second-order valence-corrected chi connectivity index (χ2v) is 11.7. The second kappa shape index (κ2) is 11.8. The molecule has 1 aliphatic carbocycles. The van der Waals surface area contributed by atoms with Crippen LogP contribution in [0, 0.1) is 11.7 Å². The Morgan fingerprint density at radius 3 is 2.66 bits per heavy atom. The van der Waals surface area contributed by atoms with E-state index in [0.29, 0.717) is 40.5 Å². The van der Waals surface area contributed by atoms with Gasteiger partial charge in [-0.2, -0.15) is 0 Å². The van der Waals surface area contributed by atoms with Gasteiger partial charge in [0.05, 0.1) is 12.7 Å². The van der Waals surface area contributed by atoms with E-state index in [0.717, 1.165) is 19.3 Å². The number of alkyl carbamates (subject to hydrolysis) is 1. The molecule has 38 heavy (non-hydrogen) atoms. The average Bonchev–Trinajstić information content (AvgIpc) is 3.29. The minimum absolute atomic E-state index is 0.0401. The van der Waals surface area contributed by atoms with Crippen molar-refractivity contribution in [3.63, 3.8) is 0 Å². The first-order valence-corrected chi connectivity index (χ1v) is 13.8. The molecule has 2 aliphatic rings. The number of thiazole rings is 1. The number of amides is 1. The van der Waals surface area contributed by atoms with E-state index >= 15 is 0 Å². The second-order valence-electron chi connectivity index (χ2n) is 10.4. The van der Waals surface area contributed by atoms with Crippen LogP contribution < -0.4 is 10.6 Å². The summed E-state index contributed by atoms with van der Waals surface area (Å²) in [6.07, 6.45) is 5.06. The van der Waals surface area contributed by atoms with E-state index in [9.17, 15) is 14.0 Å². The van der Waals surface area contributed by atoms with Crippen molar-refractivity contribution in [2.45, 2.75) is 70.6 Å². The molecule has 2 N–H and O–H groups in total. The third kappa shape index (κ3) is 6.71. The lowest BCUT2D eigenvalue weighted by molar-refractivity contribution is -0.136. The van der Waals surface area contributed by atoms with Gasteiger partial charge in [-0.05, 0) is 64.5 Å². The Bertz CT molecular complexity index is 1240. The van der Waals surface area contributed by atoms with E-state index in [4.69, 9.17) is 26.1 Å². The quantitative estimate of drug-likeness (QED) is 0.346. The van der Waals surface area contributed by atoms with Crippen molar-refractivity contribution in [1.82, 2.24) is 15.6 Å². The summed E-state index contributed by atoms with van der Waals surface area (Å²) in [5.74, 6) is -0.539. The number of rotatable bonds is 5. The number of aromatic nitrogens is 1. The Morgan fingerprint density at radius 2 is 2.00 bits per heavy atom. The molecule has 0 spiro atoms. The van der Waals surface area contributed by atoms with Gasteiger partial charge < -0.3 is 20.1 Å². The molecule has 3 unspecified atom stereocenters. The van der Waals surface area contributed by atoms with Crippen LogP contribution in [0.1, 0.15) is 69.5 Å². The van der Waals surface area contributed by atoms with Crippen LogP contribution in [0.3, 0.4) is 0 Å². The normalized spacial score (nSPS) is 22.2. The van der Waals surface area contributed by atoms with E-state index in [2.05, 4.69) is 15.6 Å². The molecule has 0 saturated heterocycles. The van der Waals surface area contributed by atoms with Crippen molar-refractivity contribution in [1.29, 1.82) is 0 Å². The van der Waals surface area contributed by atoms with Crippen LogP contribution in [-0.2, 0) is 14.3 Å². The van der Waals surface area contributed by atoms with Crippen molar-refractivity contribution < 1.29 is 23.5 Å². The number of ether oxygens (including phenoxy) is 2. The molecule has 0 bridgehead atoms. The average molecular weight is 563 g/mol. The van der Waals surface area contributed by atoms with Crippen LogP contribution in [0.25, 0.3) is 0 Å². The number of amidine groups is 1. The number of carbonyl (C=O) groups is 2. The highest BCUT2D eigenvalue weighted by Crippen LogP contribution is 2.40. The lowest BCUT2D eigenvalue weighted by Crippen LogP contribution is -2.39. The van der Waals surface area contributed by atoms with Crippen LogP contribution in [0.2, 0.25) is 5.02 Å². The van der Waals surface area contributed by atoms with E-state index < -0.39 is 29.5 Å². The summed E-state index contributed by atoms with van der Waals surface area (Å²) in [5.41, 5.74) is 0.955. The van der Waals surface area contributed by atoms with Gasteiger partial charge in [0.25, 0.3) is 0 Å². The number of allylic oxidation sites excluding steroid dienone is 1. The number of aliphatic imine (C=N–C) groups is 1. The van der Waals surface area contributed by atoms with Gasteiger partial charge in [-0.15, -0.1) is 11.3 Å². The van der Waals surface area contributed by atoms with Crippen molar-refractivity contribution in [2.24, 2.45) is 10.9 Å². The molecule has 2 heterocycles. The summed E-state index contributed by atoms with van der Waals surface area (Å²) in [7, 11) is 1.32. The first kappa shape index (κ1) is 28.0. The lowest BCUT2D eigenvalue weighted by atomic mass is 9.87. The molecule has 1 aromatic heterocycles. The highest BCUT2D eigenvalue weighted by atomic mass is 35.5. The molecule has 1 fully saturated rings. The maximum Gasteiger partial charge on any atom is 0.407 e. The number of carbonyl (C=O) groups excluding carboxylic acids is 2. The highest BCUT2D eigenvalue weighted by molar-refractivity contribution is 7.11. The first-order chi connectivity index (χ1) is 18.1. The van der Waals surface area contributed by atoms with Crippen molar-refractivity contribution in [3.05, 3.63) is 62.5 Å². The zero-order valence-electron chi connectivity index (χ0n) is 21.8. The van der Waals surface area contributed by atoms with E-state index in [1.165, 1.54) is 30.6 Å². The van der Waals surface area contributed by atoms with Gasteiger partial charge >= 0.3 is 12.1 Å². The molecule has 204 valence electrons. The zero-order valence-corrected chi connectivity index (χ0v) is 23.4. The van der Waals surface area contributed by atoms with Crippen LogP contribution in [0.4, 0.5) is 9.18 Å². The molecular formula is C27H32ClFN4O4S. The number of hydrogen-bond acceptors (Lipinski definition) is 8. The molecule has 0 radical (unpaired) electrons. The Labute approximate surface area is 230 Å². The zero-order chi connectivity index (χ0) is 27.4. The molecule has 1 amide bonds. The van der Waals surface area contributed by atoms with Crippen LogP contribution >= 0.6 is 22.9 Å². The summed E-state index contributed by atoms with van der Waals surface area (Å²) in [4.78, 5) is 34.8. The van der Waals surface area contributed by atoms with Crippen LogP contribution in [0.5, 0.6) is 0 Å². The van der Waals surface area contributed by atoms with Gasteiger partial charge in [-0.1, -0.05) is 24.1 Å². The molecule has 2 aromatic rings. The topological polar surface area (TPSA) is 102 Å². The number of methoxy groups -OCH3 is 1. The minimum atomic E-state index is -0.801. The van der Waals surface area contributed by atoms with E-state index in [1.54, 1.807) is 12.3 Å². The smallest absolute Gasteiger partial charge is 0.407 e. The lowest BCUT2D eigenvalue weighted by Gasteiger charge is -2.31. The number of nitrogens with one attached hydrogen (secondary N) is 2. The summed E-state index contributed by atoms with van der Waals surface area (Å²) < 4.78 is 24.5. The molecule has 1 saturated carbocycles. The SMILES string of the molecule is COC(=O)C1=C(C2CCCC(NC(=O)OC(C)(C)C)CC2)NC(c2nccs2)=NC1c1ccc(F)cc1Cl. The summed E-state index contributed by atoms with van der Waals surface area (Å²) in [6.45, 7) is 5.49. The number of esters is 1. The fraction of sp³-hybridized carbons (Fsp3) is 0.481. The van der Waals surface area contributed by atoms with Gasteiger partial charge in [-0.25, -0.2) is 19.0 Å². The minimum Gasteiger partial charge on any atom is -0.466 e. The van der Waals surface area contributed by atoms with Crippen LogP contribution in [-0.4, -0.2) is 41.6 Å². The van der Waals surface area contributed by atoms with E-state index in [-0.39, 0.29) is 17.0 Å². The fourth-order valence-corrected chi connectivity index (χ4v) is 5.69. The molecule has 8 nitrogen and oxygen atoms in total. The molecule has 3 atom stereocenters. The molecule has 11 heteroatoms. The molecule has 4 rings (SSSR count). The fourth-order valence-electron chi connectivity index (χ4n) is 4.83. The van der Waals surface area contributed by atoms with Crippen molar-refractivity contribution in [3.8, 4) is 0 Å². The van der Waals surface area contributed by atoms with Gasteiger partial charge in [0.15, 0.2) is 10.8 Å². The maximum atomic E-state index is 13.9.